The van der Waals surface area contributed by atoms with Crippen molar-refractivity contribution in [3.8, 4) is 5.88 Å². The number of rotatable bonds is 4. The van der Waals surface area contributed by atoms with Gasteiger partial charge in [0, 0.05) is 56.4 Å². The Bertz CT molecular complexity index is 681. The van der Waals surface area contributed by atoms with E-state index < -0.39 is 0 Å². The summed E-state index contributed by atoms with van der Waals surface area (Å²) in [6.07, 6.45) is 4.28. The van der Waals surface area contributed by atoms with E-state index in [9.17, 15) is 9.59 Å². The molecule has 2 unspecified atom stereocenters. The van der Waals surface area contributed by atoms with Crippen LogP contribution in [0.2, 0.25) is 0 Å². The van der Waals surface area contributed by atoms with Crippen molar-refractivity contribution in [3.05, 3.63) is 23.9 Å². The normalized spacial score (nSPS) is 25.6. The van der Waals surface area contributed by atoms with Crippen LogP contribution in [-0.2, 0) is 9.53 Å². The number of pyridine rings is 1. The van der Waals surface area contributed by atoms with Gasteiger partial charge in [0.05, 0.1) is 0 Å². The minimum atomic E-state index is -0.291. The molecule has 2 amide bonds. The molecule has 0 radical (unpaired) electrons. The molecule has 0 spiro atoms. The van der Waals surface area contributed by atoms with Crippen molar-refractivity contribution in [2.24, 2.45) is 0 Å². The van der Waals surface area contributed by atoms with Crippen LogP contribution in [0.4, 0.5) is 0 Å². The SMILES string of the molecule is O=C(c1ccnc(OC2CCSC2)c1)N1CCN(C(=O)C2CCCO2)CC1. The van der Waals surface area contributed by atoms with E-state index in [1.165, 1.54) is 0 Å². The Morgan fingerprint density at radius 3 is 2.70 bits per heavy atom. The molecule has 0 aromatic carbocycles. The van der Waals surface area contributed by atoms with Gasteiger partial charge in [0.1, 0.15) is 12.2 Å². The van der Waals surface area contributed by atoms with E-state index >= 15 is 0 Å². The van der Waals surface area contributed by atoms with E-state index in [1.807, 2.05) is 16.7 Å². The fourth-order valence-corrected chi connectivity index (χ4v) is 4.77. The highest BCUT2D eigenvalue weighted by Gasteiger charge is 2.31. The average Bonchev–Trinajstić information content (AvgIpc) is 3.41. The van der Waals surface area contributed by atoms with Crippen molar-refractivity contribution in [3.63, 3.8) is 0 Å². The summed E-state index contributed by atoms with van der Waals surface area (Å²) in [6, 6.07) is 3.46. The molecule has 2 atom stereocenters. The van der Waals surface area contributed by atoms with Gasteiger partial charge in [-0.15, -0.1) is 0 Å². The lowest BCUT2D eigenvalue weighted by molar-refractivity contribution is -0.142. The molecule has 3 aliphatic rings. The monoisotopic (exact) mass is 391 g/mol. The largest absolute Gasteiger partial charge is 0.473 e. The molecule has 146 valence electrons. The topological polar surface area (TPSA) is 72.0 Å². The number of piperazine rings is 1. The lowest BCUT2D eigenvalue weighted by atomic mass is 10.1. The van der Waals surface area contributed by atoms with Crippen molar-refractivity contribution in [2.75, 3.05) is 44.3 Å². The van der Waals surface area contributed by atoms with Gasteiger partial charge in [-0.1, -0.05) is 0 Å². The quantitative estimate of drug-likeness (QED) is 0.773. The molecule has 0 bridgehead atoms. The van der Waals surface area contributed by atoms with Gasteiger partial charge in [-0.3, -0.25) is 9.59 Å². The molecule has 27 heavy (non-hydrogen) atoms. The van der Waals surface area contributed by atoms with Crippen LogP contribution in [0.5, 0.6) is 5.88 Å². The highest BCUT2D eigenvalue weighted by molar-refractivity contribution is 7.99. The van der Waals surface area contributed by atoms with E-state index in [0.29, 0.717) is 44.2 Å². The zero-order valence-corrected chi connectivity index (χ0v) is 16.2. The van der Waals surface area contributed by atoms with Crippen molar-refractivity contribution < 1.29 is 19.1 Å². The predicted octanol–water partition coefficient (Wildman–Crippen LogP) is 1.43. The second-order valence-electron chi connectivity index (χ2n) is 7.11. The number of carbonyl (C=O) groups is 2. The zero-order valence-electron chi connectivity index (χ0n) is 15.3. The van der Waals surface area contributed by atoms with Crippen LogP contribution in [0.25, 0.3) is 0 Å². The van der Waals surface area contributed by atoms with Gasteiger partial charge in [0.15, 0.2) is 0 Å². The molecule has 0 aliphatic carbocycles. The Kier molecular flexibility index (Phi) is 5.83. The number of ether oxygens (including phenoxy) is 2. The summed E-state index contributed by atoms with van der Waals surface area (Å²) in [7, 11) is 0. The Labute approximate surface area is 163 Å². The van der Waals surface area contributed by atoms with Gasteiger partial charge in [0.25, 0.3) is 11.8 Å². The summed E-state index contributed by atoms with van der Waals surface area (Å²) in [5.74, 6) is 2.63. The van der Waals surface area contributed by atoms with Gasteiger partial charge in [-0.05, 0) is 31.1 Å². The van der Waals surface area contributed by atoms with Crippen molar-refractivity contribution in [2.45, 2.75) is 31.5 Å². The summed E-state index contributed by atoms with van der Waals surface area (Å²) in [5, 5.41) is 0. The zero-order chi connectivity index (χ0) is 18.6. The van der Waals surface area contributed by atoms with Gasteiger partial charge in [-0.2, -0.15) is 11.8 Å². The fraction of sp³-hybridized carbons (Fsp3) is 0.632. The second kappa shape index (κ2) is 8.48. The van der Waals surface area contributed by atoms with E-state index in [1.54, 1.807) is 23.2 Å². The molecule has 3 fully saturated rings. The number of aromatic nitrogens is 1. The summed E-state index contributed by atoms with van der Waals surface area (Å²) in [5.41, 5.74) is 0.588. The van der Waals surface area contributed by atoms with E-state index in [2.05, 4.69) is 4.98 Å². The highest BCUT2D eigenvalue weighted by Crippen LogP contribution is 2.23. The summed E-state index contributed by atoms with van der Waals surface area (Å²) in [6.45, 7) is 2.85. The van der Waals surface area contributed by atoms with Crippen LogP contribution in [-0.4, -0.2) is 83.1 Å². The highest BCUT2D eigenvalue weighted by atomic mass is 32.2. The maximum absolute atomic E-state index is 12.8. The van der Waals surface area contributed by atoms with Crippen LogP contribution in [0.1, 0.15) is 29.6 Å². The van der Waals surface area contributed by atoms with E-state index in [-0.39, 0.29) is 24.0 Å². The minimum Gasteiger partial charge on any atom is -0.473 e. The molecular weight excluding hydrogens is 366 g/mol. The number of hydrogen-bond donors (Lipinski definition) is 0. The molecule has 3 saturated heterocycles. The lowest BCUT2D eigenvalue weighted by Crippen LogP contribution is -2.52. The fourth-order valence-electron chi connectivity index (χ4n) is 3.67. The molecule has 3 aliphatic heterocycles. The van der Waals surface area contributed by atoms with E-state index in [4.69, 9.17) is 9.47 Å². The molecule has 8 heteroatoms. The Hall–Kier alpha value is -1.80. The number of amides is 2. The molecule has 1 aromatic heterocycles. The number of hydrogen-bond acceptors (Lipinski definition) is 6. The predicted molar refractivity (Wildman–Crippen MR) is 102 cm³/mol. The van der Waals surface area contributed by atoms with Crippen molar-refractivity contribution in [1.82, 2.24) is 14.8 Å². The number of carbonyl (C=O) groups excluding carboxylic acids is 2. The van der Waals surface area contributed by atoms with Gasteiger partial charge >= 0.3 is 0 Å². The Balaban J connectivity index is 1.33. The summed E-state index contributed by atoms with van der Waals surface area (Å²) < 4.78 is 11.4. The first kappa shape index (κ1) is 18.6. The second-order valence-corrected chi connectivity index (χ2v) is 8.26. The Morgan fingerprint density at radius 2 is 2.00 bits per heavy atom. The third-order valence-electron chi connectivity index (χ3n) is 5.24. The maximum Gasteiger partial charge on any atom is 0.254 e. The van der Waals surface area contributed by atoms with Gasteiger partial charge in [-0.25, -0.2) is 4.98 Å². The first-order valence-electron chi connectivity index (χ1n) is 9.61. The number of thioether (sulfide) groups is 1. The van der Waals surface area contributed by atoms with Crippen LogP contribution in [0.15, 0.2) is 18.3 Å². The molecule has 4 heterocycles. The number of nitrogens with zero attached hydrogens (tertiary/aromatic N) is 3. The van der Waals surface area contributed by atoms with Crippen molar-refractivity contribution in [1.29, 1.82) is 0 Å². The van der Waals surface area contributed by atoms with Crippen LogP contribution in [0.3, 0.4) is 0 Å². The first-order chi connectivity index (χ1) is 13.2. The summed E-state index contributed by atoms with van der Waals surface area (Å²) in [4.78, 5) is 33.1. The average molecular weight is 391 g/mol. The third-order valence-corrected chi connectivity index (χ3v) is 6.37. The minimum absolute atomic E-state index is 0.0349. The van der Waals surface area contributed by atoms with E-state index in [0.717, 1.165) is 30.8 Å². The molecule has 4 rings (SSSR count). The van der Waals surface area contributed by atoms with Gasteiger partial charge < -0.3 is 19.3 Å². The van der Waals surface area contributed by atoms with Crippen LogP contribution >= 0.6 is 11.8 Å². The third kappa shape index (κ3) is 4.38. The Morgan fingerprint density at radius 1 is 1.19 bits per heavy atom. The smallest absolute Gasteiger partial charge is 0.254 e. The lowest BCUT2D eigenvalue weighted by Gasteiger charge is -2.35. The van der Waals surface area contributed by atoms with Crippen LogP contribution < -0.4 is 4.74 Å². The van der Waals surface area contributed by atoms with Crippen LogP contribution in [0, 0.1) is 0 Å². The molecule has 1 aromatic rings. The standard InChI is InChI=1S/C19H25N3O4S/c23-18(14-3-5-20-17(12-14)26-15-4-11-27-13-15)21-6-8-22(9-7-21)19(24)16-2-1-10-25-16/h3,5,12,15-16H,1-2,4,6-11,13H2. The molecule has 0 saturated carbocycles. The van der Waals surface area contributed by atoms with Gasteiger partial charge in [0.2, 0.25) is 5.88 Å². The molecule has 7 nitrogen and oxygen atoms in total. The molecular formula is C19H25N3O4S. The summed E-state index contributed by atoms with van der Waals surface area (Å²) >= 11 is 1.88. The maximum atomic E-state index is 12.8. The van der Waals surface area contributed by atoms with Crippen molar-refractivity contribution >= 4 is 23.6 Å². The molecule has 0 N–H and O–H groups in total. The first-order valence-corrected chi connectivity index (χ1v) is 10.8.